The highest BCUT2D eigenvalue weighted by Crippen LogP contribution is 2.54. The van der Waals surface area contributed by atoms with Crippen LogP contribution in [0.2, 0.25) is 0 Å². The Hall–Kier alpha value is -4.64. The number of nitro groups is 1. The van der Waals surface area contributed by atoms with Gasteiger partial charge in [0.2, 0.25) is 17.7 Å². The molecule has 2 saturated heterocycles. The van der Waals surface area contributed by atoms with Gasteiger partial charge in [0, 0.05) is 29.4 Å². The molecule has 3 aromatic carbocycles. The summed E-state index contributed by atoms with van der Waals surface area (Å²) in [5.74, 6) is -4.68. The number of fused-ring (bicyclic) bond motifs is 4. The minimum absolute atomic E-state index is 0.0232. The molecule has 6 rings (SSSR count). The van der Waals surface area contributed by atoms with Crippen LogP contribution in [0, 0.1) is 27.8 Å². The summed E-state index contributed by atoms with van der Waals surface area (Å²) in [6.07, 6.45) is 0.225. The Kier molecular flexibility index (Phi) is 4.89. The van der Waals surface area contributed by atoms with Crippen LogP contribution >= 0.6 is 0 Å². The summed E-state index contributed by atoms with van der Waals surface area (Å²) >= 11 is 0. The van der Waals surface area contributed by atoms with Gasteiger partial charge in [-0.3, -0.25) is 29.8 Å². The van der Waals surface area contributed by atoms with Crippen LogP contribution in [0.5, 0.6) is 5.75 Å². The molecule has 3 amide bonds. The monoisotopic (exact) mass is 502 g/mol. The van der Waals surface area contributed by atoms with Crippen molar-refractivity contribution in [3.8, 4) is 5.75 Å². The van der Waals surface area contributed by atoms with Gasteiger partial charge in [0.25, 0.3) is 5.69 Å². The highest BCUT2D eigenvalue weighted by atomic mass is 19.1. The van der Waals surface area contributed by atoms with Crippen molar-refractivity contribution in [2.24, 2.45) is 11.8 Å². The Morgan fingerprint density at radius 1 is 1.03 bits per heavy atom. The van der Waals surface area contributed by atoms with Crippen molar-refractivity contribution in [1.82, 2.24) is 5.32 Å². The minimum atomic E-state index is -1.72. The lowest BCUT2D eigenvalue weighted by molar-refractivity contribution is -0.384. The summed E-state index contributed by atoms with van der Waals surface area (Å²) in [5.41, 5.74) is -0.700. The minimum Gasteiger partial charge on any atom is -0.508 e. The molecule has 3 N–H and O–H groups in total. The zero-order chi connectivity index (χ0) is 26.1. The number of nitrogens with zero attached hydrogens (tertiary/aromatic N) is 2. The number of nitro benzene ring substituents is 1. The molecule has 2 unspecified atom stereocenters. The van der Waals surface area contributed by atoms with Crippen LogP contribution in [-0.4, -0.2) is 33.8 Å². The maximum Gasteiger partial charge on any atom is 0.271 e. The lowest BCUT2D eigenvalue weighted by Crippen LogP contribution is -2.53. The fraction of sp³-hybridized carbons (Fsp3) is 0.192. The number of hydrogen-bond donors (Lipinski definition) is 3. The Morgan fingerprint density at radius 2 is 1.78 bits per heavy atom. The molecule has 10 nitrogen and oxygen atoms in total. The van der Waals surface area contributed by atoms with Crippen molar-refractivity contribution in [3.63, 3.8) is 0 Å². The SMILES string of the molecule is O=C1[C@@H]2C(Cc3ccc(O)cc3)NC3(C(=O)Nc4ccc(F)cc43)[C@@H]2C(=O)N1c1cccc([N+](=O)[O-])c1. The first-order chi connectivity index (χ1) is 17.7. The number of carbonyl (C=O) groups excluding carboxylic acids is 3. The van der Waals surface area contributed by atoms with E-state index in [2.05, 4.69) is 10.6 Å². The number of imide groups is 1. The van der Waals surface area contributed by atoms with Gasteiger partial charge >= 0.3 is 0 Å². The number of aromatic hydroxyl groups is 1. The summed E-state index contributed by atoms with van der Waals surface area (Å²) in [4.78, 5) is 52.8. The number of rotatable bonds is 4. The van der Waals surface area contributed by atoms with Gasteiger partial charge in [-0.25, -0.2) is 9.29 Å². The van der Waals surface area contributed by atoms with Crippen LogP contribution < -0.4 is 15.5 Å². The lowest BCUT2D eigenvalue weighted by atomic mass is 9.76. The van der Waals surface area contributed by atoms with Crippen molar-refractivity contribution >= 4 is 34.8 Å². The Labute approximate surface area is 208 Å². The molecule has 1 spiro atoms. The van der Waals surface area contributed by atoms with E-state index in [-0.39, 0.29) is 29.1 Å². The number of anilines is 2. The normalized spacial score (nSPS) is 25.9. The number of non-ortho nitro benzene ring substituents is 1. The molecule has 3 aliphatic heterocycles. The molecular weight excluding hydrogens is 483 g/mol. The predicted molar refractivity (Wildman–Crippen MR) is 128 cm³/mol. The van der Waals surface area contributed by atoms with E-state index in [1.807, 2.05) is 0 Å². The second-order valence-corrected chi connectivity index (χ2v) is 9.37. The first-order valence-corrected chi connectivity index (χ1v) is 11.5. The third-order valence-corrected chi connectivity index (χ3v) is 7.37. The van der Waals surface area contributed by atoms with Crippen molar-refractivity contribution in [2.45, 2.75) is 18.0 Å². The zero-order valence-electron chi connectivity index (χ0n) is 19.1. The zero-order valence-corrected chi connectivity index (χ0v) is 19.1. The van der Waals surface area contributed by atoms with Crippen LogP contribution in [0.4, 0.5) is 21.5 Å². The number of benzene rings is 3. The largest absolute Gasteiger partial charge is 0.508 e. The average Bonchev–Trinajstić information content (AvgIpc) is 3.45. The fourth-order valence-electron chi connectivity index (χ4n) is 5.84. The van der Waals surface area contributed by atoms with Crippen LogP contribution in [-0.2, 0) is 26.3 Å². The second-order valence-electron chi connectivity index (χ2n) is 9.37. The molecule has 4 atom stereocenters. The predicted octanol–water partition coefficient (Wildman–Crippen LogP) is 2.61. The third-order valence-electron chi connectivity index (χ3n) is 7.37. The van der Waals surface area contributed by atoms with Crippen LogP contribution in [0.25, 0.3) is 0 Å². The third kappa shape index (κ3) is 3.24. The topological polar surface area (TPSA) is 142 Å². The van der Waals surface area contributed by atoms with Crippen molar-refractivity contribution in [2.75, 3.05) is 10.2 Å². The second kappa shape index (κ2) is 7.93. The van der Waals surface area contributed by atoms with E-state index in [0.29, 0.717) is 5.69 Å². The van der Waals surface area contributed by atoms with Crippen LogP contribution in [0.1, 0.15) is 11.1 Å². The quantitative estimate of drug-likeness (QED) is 0.283. The summed E-state index contributed by atoms with van der Waals surface area (Å²) in [6.45, 7) is 0. The van der Waals surface area contributed by atoms with Crippen LogP contribution in [0.15, 0.2) is 66.7 Å². The maximum absolute atomic E-state index is 14.4. The molecule has 11 heteroatoms. The summed E-state index contributed by atoms with van der Waals surface area (Å²) in [7, 11) is 0. The van der Waals surface area contributed by atoms with Gasteiger partial charge in [-0.15, -0.1) is 0 Å². The highest BCUT2D eigenvalue weighted by Gasteiger charge is 2.70. The Morgan fingerprint density at radius 3 is 2.51 bits per heavy atom. The molecule has 186 valence electrons. The number of hydrogen-bond acceptors (Lipinski definition) is 7. The van der Waals surface area contributed by atoms with E-state index in [1.54, 1.807) is 12.1 Å². The summed E-state index contributed by atoms with van der Waals surface area (Å²) in [6, 6.07) is 14.5. The number of halogens is 1. The molecule has 3 aromatic rings. The number of phenols is 1. The standard InChI is InChI=1S/C26H19FN4O6/c27-14-6-9-19-18(11-14)26(25(35)28-19)22-21(20(29-26)10-13-4-7-17(32)8-5-13)23(33)30(24(22)34)15-2-1-3-16(12-15)31(36)37/h1-9,11-12,20-22,29,32H,10H2,(H,28,35)/t20?,21-,22+,26?/m1/s1. The molecule has 0 bridgehead atoms. The van der Waals surface area contributed by atoms with Gasteiger partial charge in [0.15, 0.2) is 0 Å². The molecular formula is C26H19FN4O6. The van der Waals surface area contributed by atoms with E-state index >= 15 is 0 Å². The van der Waals surface area contributed by atoms with Gasteiger partial charge < -0.3 is 10.4 Å². The van der Waals surface area contributed by atoms with Gasteiger partial charge in [0.05, 0.1) is 22.4 Å². The summed E-state index contributed by atoms with van der Waals surface area (Å²) in [5, 5.41) is 26.9. The van der Waals surface area contributed by atoms with Gasteiger partial charge in [-0.2, -0.15) is 0 Å². The Bertz CT molecular complexity index is 1510. The molecule has 0 radical (unpaired) electrons. The first kappa shape index (κ1) is 22.8. The Balaban J connectivity index is 1.49. The van der Waals surface area contributed by atoms with E-state index in [1.165, 1.54) is 48.5 Å². The summed E-state index contributed by atoms with van der Waals surface area (Å²) < 4.78 is 14.4. The van der Waals surface area contributed by atoms with E-state index in [9.17, 15) is 34.0 Å². The lowest BCUT2D eigenvalue weighted by Gasteiger charge is -2.29. The number of amides is 3. The molecule has 0 aliphatic carbocycles. The molecule has 37 heavy (non-hydrogen) atoms. The number of carbonyl (C=O) groups is 3. The molecule has 2 fully saturated rings. The molecule has 0 aromatic heterocycles. The van der Waals surface area contributed by atoms with Crippen molar-refractivity contribution < 1.29 is 28.8 Å². The van der Waals surface area contributed by atoms with Crippen LogP contribution in [0.3, 0.4) is 0 Å². The van der Waals surface area contributed by atoms with Gasteiger partial charge in [-0.1, -0.05) is 18.2 Å². The average molecular weight is 502 g/mol. The van der Waals surface area contributed by atoms with E-state index in [0.717, 1.165) is 16.5 Å². The highest BCUT2D eigenvalue weighted by molar-refractivity contribution is 6.25. The molecule has 3 heterocycles. The van der Waals surface area contributed by atoms with Crippen molar-refractivity contribution in [3.05, 3.63) is 93.8 Å². The van der Waals surface area contributed by atoms with Gasteiger partial charge in [0.1, 0.15) is 17.1 Å². The smallest absolute Gasteiger partial charge is 0.271 e. The fourth-order valence-corrected chi connectivity index (χ4v) is 5.84. The number of phenolic OH excluding ortho intramolecular Hbond substituents is 1. The maximum atomic E-state index is 14.4. The first-order valence-electron chi connectivity index (χ1n) is 11.5. The molecule has 3 aliphatic rings. The van der Waals surface area contributed by atoms with Gasteiger partial charge in [-0.05, 0) is 48.4 Å². The van der Waals surface area contributed by atoms with E-state index < -0.39 is 51.9 Å². The van der Waals surface area contributed by atoms with Crippen molar-refractivity contribution in [1.29, 1.82) is 0 Å². The molecule has 0 saturated carbocycles. The van der Waals surface area contributed by atoms with E-state index in [4.69, 9.17) is 0 Å². The number of nitrogens with one attached hydrogen (secondary N) is 2.